The van der Waals surface area contributed by atoms with E-state index in [1.807, 2.05) is 30.3 Å². The Kier molecular flexibility index (Phi) is 2.65. The normalized spacial score (nSPS) is 12.6. The Labute approximate surface area is 140 Å². The van der Waals surface area contributed by atoms with E-state index in [1.54, 1.807) is 4.57 Å². The van der Waals surface area contributed by atoms with Gasteiger partial charge in [0.05, 0.1) is 22.5 Å². The fourth-order valence-electron chi connectivity index (χ4n) is 3.37. The highest BCUT2D eigenvalue weighted by atomic mass is 35.5. The maximum absolute atomic E-state index is 13.8. The molecular weight excluding hydrogens is 327 g/mol. The van der Waals surface area contributed by atoms with E-state index in [1.165, 1.54) is 12.1 Å². The molecule has 0 fully saturated rings. The lowest BCUT2D eigenvalue weighted by atomic mass is 10.0. The van der Waals surface area contributed by atoms with Gasteiger partial charge in [0.15, 0.2) is 0 Å². The molecule has 5 heteroatoms. The highest BCUT2D eigenvalue weighted by Gasteiger charge is 2.23. The van der Waals surface area contributed by atoms with Crippen LogP contribution in [-0.2, 0) is 6.54 Å². The molecule has 116 valence electrons. The molecule has 0 unspecified atom stereocenters. The van der Waals surface area contributed by atoms with Crippen LogP contribution in [0.15, 0.2) is 53.3 Å². The lowest BCUT2D eigenvalue weighted by molar-refractivity contribution is 0.629. The summed E-state index contributed by atoms with van der Waals surface area (Å²) in [7, 11) is 0. The van der Waals surface area contributed by atoms with Gasteiger partial charge in [-0.2, -0.15) is 0 Å². The topological polar surface area (TPSA) is 34.9 Å². The fraction of sp³-hybridized carbons (Fsp3) is 0.0526. The molecule has 4 aromatic rings. The predicted octanol–water partition coefficient (Wildman–Crippen LogP) is 4.37. The van der Waals surface area contributed by atoms with Crippen molar-refractivity contribution in [3.8, 4) is 11.4 Å². The smallest absolute Gasteiger partial charge is 0.262 e. The largest absolute Gasteiger partial charge is 0.288 e. The van der Waals surface area contributed by atoms with Crippen LogP contribution in [-0.4, -0.2) is 9.55 Å². The second kappa shape index (κ2) is 4.65. The zero-order valence-corrected chi connectivity index (χ0v) is 13.1. The van der Waals surface area contributed by atoms with Gasteiger partial charge in [0, 0.05) is 11.6 Å². The Hall–Kier alpha value is -2.72. The third-order valence-corrected chi connectivity index (χ3v) is 4.83. The van der Waals surface area contributed by atoms with Gasteiger partial charge in [0.2, 0.25) is 0 Å². The lowest BCUT2D eigenvalue weighted by Crippen LogP contribution is -2.20. The average Bonchev–Trinajstić information content (AvgIpc) is 2.93. The molecule has 24 heavy (non-hydrogen) atoms. The fourth-order valence-corrected chi connectivity index (χ4v) is 3.53. The van der Waals surface area contributed by atoms with Gasteiger partial charge in [-0.3, -0.25) is 9.36 Å². The second-order valence-electron chi connectivity index (χ2n) is 5.97. The number of hydrogen-bond donors (Lipinski definition) is 0. The summed E-state index contributed by atoms with van der Waals surface area (Å²) in [6, 6.07) is 14.7. The van der Waals surface area contributed by atoms with Gasteiger partial charge in [-0.05, 0) is 34.5 Å². The molecule has 3 nitrogen and oxygen atoms in total. The summed E-state index contributed by atoms with van der Waals surface area (Å²) in [6.07, 6.45) is 0. The highest BCUT2D eigenvalue weighted by molar-refractivity contribution is 6.31. The van der Waals surface area contributed by atoms with Crippen molar-refractivity contribution in [3.63, 3.8) is 0 Å². The third kappa shape index (κ3) is 1.77. The third-order valence-electron chi connectivity index (χ3n) is 4.54. The number of hydrogen-bond acceptors (Lipinski definition) is 2. The van der Waals surface area contributed by atoms with Crippen LogP contribution in [0.1, 0.15) is 5.56 Å². The Morgan fingerprint density at radius 3 is 2.62 bits per heavy atom. The number of nitrogens with zero attached hydrogens (tertiary/aromatic N) is 2. The molecule has 0 saturated carbocycles. The van der Waals surface area contributed by atoms with E-state index >= 15 is 0 Å². The minimum absolute atomic E-state index is 0.0665. The molecular formula is C19H10ClFN2O. The molecule has 0 spiro atoms. The van der Waals surface area contributed by atoms with Crippen LogP contribution >= 0.6 is 11.6 Å². The van der Waals surface area contributed by atoms with Crippen molar-refractivity contribution < 1.29 is 4.39 Å². The van der Waals surface area contributed by atoms with Crippen LogP contribution in [0.5, 0.6) is 0 Å². The van der Waals surface area contributed by atoms with Gasteiger partial charge in [0.1, 0.15) is 11.6 Å². The summed E-state index contributed by atoms with van der Waals surface area (Å²) in [6.45, 7) is 0.465. The molecule has 0 atom stereocenters. The van der Waals surface area contributed by atoms with Crippen LogP contribution < -0.4 is 5.56 Å². The summed E-state index contributed by atoms with van der Waals surface area (Å²) in [5.74, 6) is 0.00715. The van der Waals surface area contributed by atoms with E-state index in [2.05, 4.69) is 11.1 Å². The molecule has 5 rings (SSSR count). The molecule has 0 aliphatic carbocycles. The van der Waals surface area contributed by atoms with Crippen LogP contribution in [0.25, 0.3) is 33.1 Å². The summed E-state index contributed by atoms with van der Waals surface area (Å²) < 4.78 is 15.4. The average molecular weight is 337 g/mol. The summed E-state index contributed by atoms with van der Waals surface area (Å²) in [5.41, 5.74) is 2.09. The van der Waals surface area contributed by atoms with Gasteiger partial charge < -0.3 is 0 Å². The minimum Gasteiger partial charge on any atom is -0.288 e. The van der Waals surface area contributed by atoms with E-state index in [0.29, 0.717) is 23.3 Å². The quantitative estimate of drug-likeness (QED) is 0.421. The van der Waals surface area contributed by atoms with Crippen molar-refractivity contribution in [1.29, 1.82) is 0 Å². The van der Waals surface area contributed by atoms with Crippen molar-refractivity contribution >= 4 is 33.3 Å². The first-order chi connectivity index (χ1) is 11.6. The van der Waals surface area contributed by atoms with Crippen LogP contribution in [0.2, 0.25) is 5.02 Å². The standard InChI is InChI=1S/C19H10ClFN2O/c20-15-7-14-17(8-16(15)21)22-18-13-6-11-4-2-1-3-10(11)5-12(13)9-23(18)19(14)24/h1-8H,9H2. The van der Waals surface area contributed by atoms with Crippen LogP contribution in [0.3, 0.4) is 0 Å². The molecule has 3 aromatic carbocycles. The molecule has 2 heterocycles. The highest BCUT2D eigenvalue weighted by Crippen LogP contribution is 2.34. The predicted molar refractivity (Wildman–Crippen MR) is 93.0 cm³/mol. The van der Waals surface area contributed by atoms with Crippen molar-refractivity contribution in [3.05, 3.63) is 75.3 Å². The monoisotopic (exact) mass is 336 g/mol. The van der Waals surface area contributed by atoms with Gasteiger partial charge in [-0.15, -0.1) is 0 Å². The zero-order chi connectivity index (χ0) is 16.4. The van der Waals surface area contributed by atoms with Crippen molar-refractivity contribution in [1.82, 2.24) is 9.55 Å². The lowest BCUT2D eigenvalue weighted by Gasteiger charge is -2.06. The van der Waals surface area contributed by atoms with Crippen molar-refractivity contribution in [2.45, 2.75) is 6.54 Å². The van der Waals surface area contributed by atoms with E-state index in [-0.39, 0.29) is 10.6 Å². The minimum atomic E-state index is -0.572. The Morgan fingerprint density at radius 2 is 1.83 bits per heavy atom. The second-order valence-corrected chi connectivity index (χ2v) is 6.37. The van der Waals surface area contributed by atoms with E-state index < -0.39 is 5.82 Å². The summed E-state index contributed by atoms with van der Waals surface area (Å²) in [5, 5.41) is 2.47. The molecule has 0 radical (unpaired) electrons. The molecule has 0 amide bonds. The molecule has 0 saturated heterocycles. The SMILES string of the molecule is O=c1c2cc(Cl)c(F)cc2nc2n1Cc1cc3ccccc3cc1-2. The Bertz CT molecular complexity index is 1230. The van der Waals surface area contributed by atoms with E-state index in [0.717, 1.165) is 21.9 Å². The van der Waals surface area contributed by atoms with E-state index in [4.69, 9.17) is 11.6 Å². The Morgan fingerprint density at radius 1 is 1.08 bits per heavy atom. The number of benzene rings is 3. The number of halogens is 2. The first kappa shape index (κ1) is 13.7. The number of fused-ring (bicyclic) bond motifs is 5. The van der Waals surface area contributed by atoms with Crippen molar-refractivity contribution in [2.24, 2.45) is 0 Å². The maximum atomic E-state index is 13.8. The summed E-state index contributed by atoms with van der Waals surface area (Å²) in [4.78, 5) is 17.3. The first-order valence-electron chi connectivity index (χ1n) is 7.53. The van der Waals surface area contributed by atoms with Gasteiger partial charge in [0.25, 0.3) is 5.56 Å². The Balaban J connectivity index is 1.87. The number of rotatable bonds is 0. The van der Waals surface area contributed by atoms with Crippen molar-refractivity contribution in [2.75, 3.05) is 0 Å². The van der Waals surface area contributed by atoms with Gasteiger partial charge >= 0.3 is 0 Å². The van der Waals surface area contributed by atoms with Crippen LogP contribution in [0.4, 0.5) is 4.39 Å². The zero-order valence-electron chi connectivity index (χ0n) is 12.4. The van der Waals surface area contributed by atoms with Gasteiger partial charge in [-0.1, -0.05) is 35.9 Å². The molecule has 1 aliphatic rings. The van der Waals surface area contributed by atoms with Gasteiger partial charge in [-0.25, -0.2) is 9.37 Å². The molecule has 0 bridgehead atoms. The molecule has 0 N–H and O–H groups in total. The maximum Gasteiger partial charge on any atom is 0.262 e. The summed E-state index contributed by atoms with van der Waals surface area (Å²) >= 11 is 5.82. The van der Waals surface area contributed by atoms with E-state index in [9.17, 15) is 9.18 Å². The molecule has 1 aromatic heterocycles. The van der Waals surface area contributed by atoms with Crippen LogP contribution in [0, 0.1) is 5.82 Å². The number of aromatic nitrogens is 2. The molecule has 1 aliphatic heterocycles. The first-order valence-corrected chi connectivity index (χ1v) is 7.91.